The normalized spacial score (nSPS) is 14.6. The monoisotopic (exact) mass is 221 g/mol. The number of hydrogen-bond donors (Lipinski definition) is 1. The summed E-state index contributed by atoms with van der Waals surface area (Å²) in [4.78, 5) is 0. The van der Waals surface area contributed by atoms with Gasteiger partial charge in [-0.05, 0) is 31.2 Å². The number of hydrogen-bond acceptors (Lipinski definition) is 3. The Balaban J connectivity index is 3.83. The van der Waals surface area contributed by atoms with E-state index in [4.69, 9.17) is 5.73 Å². The van der Waals surface area contributed by atoms with Gasteiger partial charge in [-0.15, -0.1) is 0 Å². The van der Waals surface area contributed by atoms with Gasteiger partial charge in [-0.1, -0.05) is 20.8 Å². The molecule has 0 fully saturated rings. The Morgan fingerprint density at radius 2 is 1.86 bits per heavy atom. The minimum absolute atomic E-state index is 0.252. The average molecular weight is 221 g/mol. The van der Waals surface area contributed by atoms with Crippen LogP contribution in [0.15, 0.2) is 0 Å². The van der Waals surface area contributed by atoms with Crippen molar-refractivity contribution in [3.63, 3.8) is 0 Å². The fraction of sp³-hybridized carbons (Fsp3) is 1.00. The molecule has 0 rings (SSSR count). The highest BCUT2D eigenvalue weighted by Crippen LogP contribution is 2.16. The summed E-state index contributed by atoms with van der Waals surface area (Å²) in [5.74, 6) is 1.57. The van der Waals surface area contributed by atoms with Gasteiger partial charge in [0.2, 0.25) is 0 Å². The van der Waals surface area contributed by atoms with Gasteiger partial charge in [0.05, 0.1) is 5.75 Å². The molecule has 86 valence electrons. The van der Waals surface area contributed by atoms with Crippen LogP contribution in [-0.4, -0.2) is 26.5 Å². The smallest absolute Gasteiger partial charge is 0.150 e. The summed E-state index contributed by atoms with van der Waals surface area (Å²) in [7, 11) is -2.79. The second-order valence-corrected chi connectivity index (χ2v) is 6.59. The van der Waals surface area contributed by atoms with E-state index in [-0.39, 0.29) is 5.75 Å². The van der Waals surface area contributed by atoms with Crippen LogP contribution in [0.4, 0.5) is 0 Å². The Hall–Kier alpha value is -0.0900. The van der Waals surface area contributed by atoms with Gasteiger partial charge in [-0.25, -0.2) is 8.42 Å². The van der Waals surface area contributed by atoms with Gasteiger partial charge in [-0.3, -0.25) is 0 Å². The van der Waals surface area contributed by atoms with E-state index in [0.29, 0.717) is 24.1 Å². The highest BCUT2D eigenvalue weighted by molar-refractivity contribution is 7.91. The van der Waals surface area contributed by atoms with Gasteiger partial charge in [0, 0.05) is 5.75 Å². The third kappa shape index (κ3) is 5.60. The van der Waals surface area contributed by atoms with Crippen molar-refractivity contribution in [1.82, 2.24) is 0 Å². The molecule has 0 bridgehead atoms. The van der Waals surface area contributed by atoms with Crippen LogP contribution < -0.4 is 5.73 Å². The minimum atomic E-state index is -2.79. The Morgan fingerprint density at radius 1 is 1.29 bits per heavy atom. The molecule has 0 aromatic heterocycles. The van der Waals surface area contributed by atoms with E-state index in [1.54, 1.807) is 6.92 Å². The SMILES string of the molecule is CCS(=O)(=O)CCCC(CN)C(C)C. The topological polar surface area (TPSA) is 60.2 Å². The molecule has 4 heteroatoms. The second kappa shape index (κ2) is 6.40. The standard InChI is InChI=1S/C10H23NO2S/c1-4-14(12,13)7-5-6-10(8-11)9(2)3/h9-10H,4-8,11H2,1-3H3. The van der Waals surface area contributed by atoms with Gasteiger partial charge >= 0.3 is 0 Å². The molecule has 0 heterocycles. The molecule has 0 aromatic carbocycles. The van der Waals surface area contributed by atoms with Crippen LogP contribution >= 0.6 is 0 Å². The summed E-state index contributed by atoms with van der Waals surface area (Å²) in [5, 5.41) is 0. The van der Waals surface area contributed by atoms with Crippen molar-refractivity contribution in [2.45, 2.75) is 33.6 Å². The van der Waals surface area contributed by atoms with E-state index in [1.807, 2.05) is 0 Å². The van der Waals surface area contributed by atoms with Gasteiger partial charge in [0.25, 0.3) is 0 Å². The fourth-order valence-corrected chi connectivity index (χ4v) is 2.33. The van der Waals surface area contributed by atoms with Gasteiger partial charge in [0.15, 0.2) is 0 Å². The zero-order chi connectivity index (χ0) is 11.2. The van der Waals surface area contributed by atoms with Crippen LogP contribution in [0.1, 0.15) is 33.6 Å². The van der Waals surface area contributed by atoms with E-state index in [2.05, 4.69) is 13.8 Å². The first kappa shape index (κ1) is 13.9. The molecule has 1 atom stereocenters. The Morgan fingerprint density at radius 3 is 2.21 bits per heavy atom. The minimum Gasteiger partial charge on any atom is -0.330 e. The number of sulfone groups is 1. The zero-order valence-electron chi connectivity index (χ0n) is 9.49. The van der Waals surface area contributed by atoms with Crippen molar-refractivity contribution in [2.24, 2.45) is 17.6 Å². The summed E-state index contributed by atoms with van der Waals surface area (Å²) < 4.78 is 22.4. The summed E-state index contributed by atoms with van der Waals surface area (Å²) in [6.45, 7) is 6.61. The van der Waals surface area contributed by atoms with Crippen molar-refractivity contribution in [1.29, 1.82) is 0 Å². The molecule has 0 saturated carbocycles. The van der Waals surface area contributed by atoms with Crippen LogP contribution in [0, 0.1) is 11.8 Å². The first-order valence-electron chi connectivity index (χ1n) is 5.33. The van der Waals surface area contributed by atoms with E-state index < -0.39 is 9.84 Å². The summed E-state index contributed by atoms with van der Waals surface area (Å²) in [6, 6.07) is 0. The molecule has 14 heavy (non-hydrogen) atoms. The third-order valence-electron chi connectivity index (χ3n) is 2.72. The van der Waals surface area contributed by atoms with Gasteiger partial charge in [-0.2, -0.15) is 0 Å². The maximum atomic E-state index is 11.2. The molecule has 0 aromatic rings. The molecule has 1 unspecified atom stereocenters. The van der Waals surface area contributed by atoms with Crippen molar-refractivity contribution in [3.05, 3.63) is 0 Å². The van der Waals surface area contributed by atoms with Gasteiger partial charge < -0.3 is 5.73 Å². The Bertz CT molecular complexity index is 235. The second-order valence-electron chi connectivity index (χ2n) is 4.12. The predicted molar refractivity (Wildman–Crippen MR) is 60.9 cm³/mol. The maximum Gasteiger partial charge on any atom is 0.150 e. The highest BCUT2D eigenvalue weighted by Gasteiger charge is 2.13. The van der Waals surface area contributed by atoms with Gasteiger partial charge in [0.1, 0.15) is 9.84 Å². The first-order chi connectivity index (χ1) is 6.43. The Labute approximate surface area is 88.0 Å². The summed E-state index contributed by atoms with van der Waals surface area (Å²) >= 11 is 0. The van der Waals surface area contributed by atoms with E-state index >= 15 is 0 Å². The highest BCUT2D eigenvalue weighted by atomic mass is 32.2. The van der Waals surface area contributed by atoms with Crippen LogP contribution in [-0.2, 0) is 9.84 Å². The average Bonchev–Trinajstić information content (AvgIpc) is 2.12. The fourth-order valence-electron chi connectivity index (χ4n) is 1.43. The summed E-state index contributed by atoms with van der Waals surface area (Å²) in [5.41, 5.74) is 5.61. The quantitative estimate of drug-likeness (QED) is 0.707. The predicted octanol–water partition coefficient (Wildman–Crippen LogP) is 1.43. The van der Waals surface area contributed by atoms with Crippen molar-refractivity contribution in [2.75, 3.05) is 18.1 Å². The molecule has 0 radical (unpaired) electrons. The lowest BCUT2D eigenvalue weighted by Crippen LogP contribution is -2.21. The first-order valence-corrected chi connectivity index (χ1v) is 7.15. The van der Waals surface area contributed by atoms with Crippen LogP contribution in [0.5, 0.6) is 0 Å². The van der Waals surface area contributed by atoms with E-state index in [1.165, 1.54) is 0 Å². The van der Waals surface area contributed by atoms with E-state index in [0.717, 1.165) is 12.8 Å². The lowest BCUT2D eigenvalue weighted by atomic mass is 9.92. The molecular weight excluding hydrogens is 198 g/mol. The zero-order valence-corrected chi connectivity index (χ0v) is 10.3. The lowest BCUT2D eigenvalue weighted by Gasteiger charge is -2.18. The molecule has 0 amide bonds. The van der Waals surface area contributed by atoms with Crippen molar-refractivity contribution >= 4 is 9.84 Å². The molecule has 0 saturated heterocycles. The third-order valence-corrected chi connectivity index (χ3v) is 4.51. The van der Waals surface area contributed by atoms with Crippen molar-refractivity contribution in [3.8, 4) is 0 Å². The lowest BCUT2D eigenvalue weighted by molar-refractivity contribution is 0.366. The molecule has 0 aliphatic carbocycles. The van der Waals surface area contributed by atoms with E-state index in [9.17, 15) is 8.42 Å². The summed E-state index contributed by atoms with van der Waals surface area (Å²) in [6.07, 6.45) is 1.67. The molecule has 0 aliphatic heterocycles. The number of rotatable bonds is 7. The van der Waals surface area contributed by atoms with Crippen molar-refractivity contribution < 1.29 is 8.42 Å². The molecular formula is C10H23NO2S. The molecule has 0 spiro atoms. The molecule has 3 nitrogen and oxygen atoms in total. The Kier molecular flexibility index (Phi) is 6.36. The maximum absolute atomic E-state index is 11.2. The molecule has 2 N–H and O–H groups in total. The molecule has 0 aliphatic rings. The number of nitrogens with two attached hydrogens (primary N) is 1. The van der Waals surface area contributed by atoms with Crippen LogP contribution in [0.25, 0.3) is 0 Å². The largest absolute Gasteiger partial charge is 0.330 e. The van der Waals surface area contributed by atoms with Crippen LogP contribution in [0.2, 0.25) is 0 Å². The van der Waals surface area contributed by atoms with Crippen LogP contribution in [0.3, 0.4) is 0 Å².